The molecule has 180 valence electrons. The van der Waals surface area contributed by atoms with Crippen LogP contribution >= 0.6 is 0 Å². The summed E-state index contributed by atoms with van der Waals surface area (Å²) in [5.74, 6) is -1.96. The Morgan fingerprint density at radius 2 is 2.08 bits per heavy atom. The third kappa shape index (κ3) is 3.12. The maximum atomic E-state index is 14.3. The van der Waals surface area contributed by atoms with Gasteiger partial charge in [-0.25, -0.2) is 28.4 Å². The molecule has 0 spiro atoms. The van der Waals surface area contributed by atoms with Crippen molar-refractivity contribution in [1.29, 1.82) is 0 Å². The molecular formula is C25H18F2N6O3. The van der Waals surface area contributed by atoms with E-state index in [1.807, 2.05) is 0 Å². The van der Waals surface area contributed by atoms with E-state index in [0.717, 1.165) is 6.20 Å². The van der Waals surface area contributed by atoms with Crippen LogP contribution in [0.1, 0.15) is 30.2 Å². The van der Waals surface area contributed by atoms with Gasteiger partial charge < -0.3 is 10.1 Å². The predicted octanol–water partition coefficient (Wildman–Crippen LogP) is 3.38. The molecule has 0 saturated heterocycles. The molecule has 1 aliphatic heterocycles. The first kappa shape index (κ1) is 22.0. The second-order valence-electron chi connectivity index (χ2n) is 8.46. The van der Waals surface area contributed by atoms with Crippen molar-refractivity contribution in [1.82, 2.24) is 24.7 Å². The summed E-state index contributed by atoms with van der Waals surface area (Å²) in [5.41, 5.74) is 0.0277. The Morgan fingerprint density at radius 1 is 1.25 bits per heavy atom. The molecule has 1 aromatic carbocycles. The smallest absolute Gasteiger partial charge is 0.326 e. The first-order valence-corrected chi connectivity index (χ1v) is 11.3. The van der Waals surface area contributed by atoms with Gasteiger partial charge in [-0.15, -0.1) is 0 Å². The van der Waals surface area contributed by atoms with E-state index in [1.54, 1.807) is 37.3 Å². The second kappa shape index (κ2) is 8.01. The fourth-order valence-electron chi connectivity index (χ4n) is 4.72. The van der Waals surface area contributed by atoms with Crippen LogP contribution in [0.4, 0.5) is 14.6 Å². The number of benzene rings is 1. The molecule has 3 aromatic heterocycles. The molecule has 4 heterocycles. The molecule has 1 atom stereocenters. The molecule has 1 amide bonds. The predicted molar refractivity (Wildman–Crippen MR) is 125 cm³/mol. The average molecular weight is 488 g/mol. The standard InChI is InChI=1S/C25H18F2N6O3/c1-2-36-24(35)25-9-5-8-17-18(25)20(31-23(25)34)30-21(29-17)19-15-10-14(26)11-28-22(15)33(32-19)12-13-6-3-4-7-16(13)27/h3-8,10-11H,2,9,12H2,1H3,(H,29,30,31,34). The van der Waals surface area contributed by atoms with Crippen LogP contribution < -0.4 is 5.32 Å². The van der Waals surface area contributed by atoms with Crippen LogP contribution in [0.5, 0.6) is 0 Å². The Labute approximate surface area is 202 Å². The number of carbonyl (C=O) groups excluding carboxylic acids is 2. The Morgan fingerprint density at radius 3 is 2.89 bits per heavy atom. The summed E-state index contributed by atoms with van der Waals surface area (Å²) in [4.78, 5) is 39.1. The van der Waals surface area contributed by atoms with Crippen molar-refractivity contribution in [3.05, 3.63) is 71.1 Å². The minimum absolute atomic E-state index is 0.0439. The summed E-state index contributed by atoms with van der Waals surface area (Å²) in [5, 5.41) is 7.54. The van der Waals surface area contributed by atoms with E-state index >= 15 is 0 Å². The molecule has 0 bridgehead atoms. The lowest BCUT2D eigenvalue weighted by Crippen LogP contribution is -2.44. The summed E-state index contributed by atoms with van der Waals surface area (Å²) in [7, 11) is 0. The normalized spacial score (nSPS) is 17.8. The average Bonchev–Trinajstić information content (AvgIpc) is 3.36. The zero-order chi connectivity index (χ0) is 25.0. The maximum Gasteiger partial charge on any atom is 0.326 e. The lowest BCUT2D eigenvalue weighted by molar-refractivity contribution is -0.153. The number of nitrogens with one attached hydrogen (secondary N) is 1. The first-order valence-electron chi connectivity index (χ1n) is 11.3. The quantitative estimate of drug-likeness (QED) is 0.339. The Kier molecular flexibility index (Phi) is 4.88. The van der Waals surface area contributed by atoms with Crippen LogP contribution in [-0.2, 0) is 26.3 Å². The van der Waals surface area contributed by atoms with Crippen LogP contribution in [0.2, 0.25) is 0 Å². The van der Waals surface area contributed by atoms with Gasteiger partial charge in [0.05, 0.1) is 30.4 Å². The SMILES string of the molecule is CCOC(=O)C12CC=Cc3nc(-c4nn(Cc5ccccc5F)c5ncc(F)cc45)nc(c31)NC2=O. The van der Waals surface area contributed by atoms with E-state index in [4.69, 9.17) is 4.74 Å². The van der Waals surface area contributed by atoms with Crippen LogP contribution in [0.15, 0.2) is 42.6 Å². The van der Waals surface area contributed by atoms with Crippen LogP contribution in [-0.4, -0.2) is 43.2 Å². The van der Waals surface area contributed by atoms with E-state index in [-0.39, 0.29) is 36.9 Å². The molecule has 6 rings (SSSR count). The number of halogens is 2. The van der Waals surface area contributed by atoms with Crippen LogP contribution in [0, 0.1) is 11.6 Å². The zero-order valence-corrected chi connectivity index (χ0v) is 19.0. The van der Waals surface area contributed by atoms with E-state index in [1.165, 1.54) is 16.8 Å². The molecule has 2 aliphatic rings. The van der Waals surface area contributed by atoms with Gasteiger partial charge >= 0.3 is 5.97 Å². The molecule has 36 heavy (non-hydrogen) atoms. The Balaban J connectivity index is 1.52. The largest absolute Gasteiger partial charge is 0.465 e. The number of esters is 1. The van der Waals surface area contributed by atoms with Crippen molar-refractivity contribution in [2.24, 2.45) is 0 Å². The fraction of sp³-hybridized carbons (Fsp3) is 0.200. The molecule has 0 fully saturated rings. The molecule has 0 radical (unpaired) electrons. The molecule has 11 heteroatoms. The highest BCUT2D eigenvalue weighted by Crippen LogP contribution is 2.46. The summed E-state index contributed by atoms with van der Waals surface area (Å²) in [6, 6.07) is 7.51. The number of hydrogen-bond donors (Lipinski definition) is 1. The second-order valence-corrected chi connectivity index (χ2v) is 8.46. The number of carbonyl (C=O) groups is 2. The number of hydrogen-bond acceptors (Lipinski definition) is 7. The monoisotopic (exact) mass is 488 g/mol. The molecule has 1 N–H and O–H groups in total. The third-order valence-corrected chi connectivity index (χ3v) is 6.35. The van der Waals surface area contributed by atoms with E-state index in [9.17, 15) is 18.4 Å². The molecule has 4 aromatic rings. The van der Waals surface area contributed by atoms with Gasteiger partial charge in [0, 0.05) is 11.1 Å². The highest BCUT2D eigenvalue weighted by molar-refractivity contribution is 6.20. The van der Waals surface area contributed by atoms with E-state index < -0.39 is 28.9 Å². The maximum absolute atomic E-state index is 14.3. The Bertz CT molecular complexity index is 1620. The topological polar surface area (TPSA) is 112 Å². The number of rotatable bonds is 5. The molecule has 9 nitrogen and oxygen atoms in total. The number of ether oxygens (including phenoxy) is 1. The van der Waals surface area contributed by atoms with Crippen molar-refractivity contribution in [2.75, 3.05) is 11.9 Å². The molecule has 1 unspecified atom stereocenters. The van der Waals surface area contributed by atoms with Gasteiger partial charge in [0.25, 0.3) is 0 Å². The van der Waals surface area contributed by atoms with Gasteiger partial charge in [-0.1, -0.05) is 24.3 Å². The minimum Gasteiger partial charge on any atom is -0.465 e. The van der Waals surface area contributed by atoms with Crippen molar-refractivity contribution in [3.8, 4) is 11.5 Å². The number of allylic oxidation sites excluding steroid dienone is 1. The highest BCUT2D eigenvalue weighted by atomic mass is 19.1. The summed E-state index contributed by atoms with van der Waals surface area (Å²) in [6.07, 6.45) is 4.55. The Hall–Kier alpha value is -4.54. The molecular weight excluding hydrogens is 470 g/mol. The van der Waals surface area contributed by atoms with Gasteiger partial charge in [-0.3, -0.25) is 9.59 Å². The van der Waals surface area contributed by atoms with Crippen molar-refractivity contribution >= 4 is 34.8 Å². The number of pyridine rings is 1. The van der Waals surface area contributed by atoms with Crippen molar-refractivity contribution < 1.29 is 23.1 Å². The summed E-state index contributed by atoms with van der Waals surface area (Å²) in [6.45, 7) is 1.82. The lowest BCUT2D eigenvalue weighted by atomic mass is 9.75. The van der Waals surface area contributed by atoms with Gasteiger partial charge in [-0.2, -0.15) is 5.10 Å². The number of aromatic nitrogens is 5. The number of nitrogens with zero attached hydrogens (tertiary/aromatic N) is 5. The van der Waals surface area contributed by atoms with Crippen molar-refractivity contribution in [2.45, 2.75) is 25.3 Å². The number of amides is 1. The molecule has 1 aliphatic carbocycles. The first-order chi connectivity index (χ1) is 17.4. The van der Waals surface area contributed by atoms with Crippen LogP contribution in [0.25, 0.3) is 28.6 Å². The van der Waals surface area contributed by atoms with Crippen molar-refractivity contribution in [3.63, 3.8) is 0 Å². The zero-order valence-electron chi connectivity index (χ0n) is 19.0. The third-order valence-electron chi connectivity index (χ3n) is 6.35. The highest BCUT2D eigenvalue weighted by Gasteiger charge is 2.57. The molecule has 0 saturated carbocycles. The van der Waals surface area contributed by atoms with Crippen LogP contribution in [0.3, 0.4) is 0 Å². The number of anilines is 1. The summed E-state index contributed by atoms with van der Waals surface area (Å²) < 4.78 is 35.2. The van der Waals surface area contributed by atoms with Gasteiger partial charge in [0.2, 0.25) is 5.91 Å². The minimum atomic E-state index is -1.56. The van der Waals surface area contributed by atoms with Gasteiger partial charge in [0.1, 0.15) is 23.1 Å². The number of fused-ring (bicyclic) bond motifs is 1. The van der Waals surface area contributed by atoms with Gasteiger partial charge in [0.15, 0.2) is 16.9 Å². The van der Waals surface area contributed by atoms with E-state index in [0.29, 0.717) is 27.9 Å². The fourth-order valence-corrected chi connectivity index (χ4v) is 4.72. The van der Waals surface area contributed by atoms with E-state index in [2.05, 4.69) is 25.4 Å². The van der Waals surface area contributed by atoms with Gasteiger partial charge in [-0.05, 0) is 31.6 Å². The lowest BCUT2D eigenvalue weighted by Gasteiger charge is -2.26. The summed E-state index contributed by atoms with van der Waals surface area (Å²) >= 11 is 0.